The number of hydrogen-bond donors (Lipinski definition) is 1. The molecule has 2 amide bonds. The van der Waals surface area contributed by atoms with Crippen LogP contribution in [0, 0.1) is 18.8 Å². The van der Waals surface area contributed by atoms with E-state index >= 15 is 0 Å². The number of anilines is 1. The summed E-state index contributed by atoms with van der Waals surface area (Å²) < 4.78 is 0. The van der Waals surface area contributed by atoms with Gasteiger partial charge in [0.1, 0.15) is 0 Å². The Labute approximate surface area is 143 Å². The average molecular weight is 320 g/mol. The zero-order valence-corrected chi connectivity index (χ0v) is 14.1. The van der Waals surface area contributed by atoms with Crippen LogP contribution in [-0.4, -0.2) is 24.0 Å². The van der Waals surface area contributed by atoms with Gasteiger partial charge in [-0.25, -0.2) is 4.79 Å². The number of benzene rings is 2. The Morgan fingerprint density at radius 1 is 1.00 bits per heavy atom. The van der Waals surface area contributed by atoms with Crippen molar-refractivity contribution in [3.63, 3.8) is 0 Å². The lowest BCUT2D eigenvalue weighted by molar-refractivity contribution is 0.218. The molecule has 2 aromatic carbocycles. The van der Waals surface area contributed by atoms with E-state index in [-0.39, 0.29) is 6.03 Å². The molecule has 0 radical (unpaired) electrons. The third-order valence-corrected chi connectivity index (χ3v) is 5.58. The van der Waals surface area contributed by atoms with Crippen LogP contribution in [0.2, 0.25) is 0 Å². The summed E-state index contributed by atoms with van der Waals surface area (Å²) in [5.41, 5.74) is 3.51. The molecule has 1 unspecified atom stereocenters. The highest BCUT2D eigenvalue weighted by atomic mass is 16.2. The molecule has 1 N–H and O–H groups in total. The van der Waals surface area contributed by atoms with Crippen LogP contribution in [0.1, 0.15) is 29.9 Å². The summed E-state index contributed by atoms with van der Waals surface area (Å²) in [6.07, 6.45) is 2.42. The van der Waals surface area contributed by atoms with Gasteiger partial charge in [-0.15, -0.1) is 0 Å². The van der Waals surface area contributed by atoms with Crippen LogP contribution in [-0.2, 0) is 0 Å². The maximum atomic E-state index is 12.5. The summed E-state index contributed by atoms with van der Waals surface area (Å²) in [4.78, 5) is 14.5. The van der Waals surface area contributed by atoms with E-state index in [0.29, 0.717) is 17.8 Å². The third-order valence-electron chi connectivity index (χ3n) is 5.58. The standard InChI is InChI=1S/C21H24N2O/c1-15-6-5-9-20(10-15)22-21(24)23-13-18-11-17(12-19(18)14-23)16-7-3-2-4-8-16/h2-10,17-19H,11-14H2,1H3,(H,22,24)/t17?,18-,19+. The Hall–Kier alpha value is -2.29. The minimum atomic E-state index is 0.0475. The summed E-state index contributed by atoms with van der Waals surface area (Å²) in [5, 5.41) is 3.04. The fraction of sp³-hybridized carbons (Fsp3) is 0.381. The number of fused-ring (bicyclic) bond motifs is 1. The van der Waals surface area contributed by atoms with Gasteiger partial charge >= 0.3 is 6.03 Å². The Kier molecular flexibility index (Phi) is 4.01. The second-order valence-electron chi connectivity index (χ2n) is 7.30. The topological polar surface area (TPSA) is 32.3 Å². The summed E-state index contributed by atoms with van der Waals surface area (Å²) in [6, 6.07) is 18.9. The summed E-state index contributed by atoms with van der Waals surface area (Å²) in [6.45, 7) is 3.83. The second-order valence-corrected chi connectivity index (χ2v) is 7.30. The molecule has 3 atom stereocenters. The first-order valence-electron chi connectivity index (χ1n) is 8.86. The van der Waals surface area contributed by atoms with Crippen LogP contribution in [0.15, 0.2) is 54.6 Å². The number of rotatable bonds is 2. The lowest BCUT2D eigenvalue weighted by Gasteiger charge is -2.20. The number of urea groups is 1. The monoisotopic (exact) mass is 320 g/mol. The lowest BCUT2D eigenvalue weighted by Crippen LogP contribution is -2.33. The Morgan fingerprint density at radius 3 is 2.38 bits per heavy atom. The van der Waals surface area contributed by atoms with Gasteiger partial charge < -0.3 is 10.2 Å². The summed E-state index contributed by atoms with van der Waals surface area (Å²) >= 11 is 0. The predicted octanol–water partition coefficient (Wildman–Crippen LogP) is 4.65. The van der Waals surface area contributed by atoms with Gasteiger partial charge in [0.15, 0.2) is 0 Å². The Balaban J connectivity index is 1.36. The average Bonchev–Trinajstić information content (AvgIpc) is 3.14. The molecule has 1 aliphatic carbocycles. The molecular weight excluding hydrogens is 296 g/mol. The molecular formula is C21H24N2O. The van der Waals surface area contributed by atoms with Crippen LogP contribution in [0.25, 0.3) is 0 Å². The van der Waals surface area contributed by atoms with Crippen molar-refractivity contribution in [2.75, 3.05) is 18.4 Å². The fourth-order valence-electron chi connectivity index (χ4n) is 4.39. The first-order valence-corrected chi connectivity index (χ1v) is 8.86. The number of carbonyl (C=O) groups is 1. The minimum absolute atomic E-state index is 0.0475. The number of likely N-dealkylation sites (tertiary alicyclic amines) is 1. The maximum Gasteiger partial charge on any atom is 0.321 e. The van der Waals surface area contributed by atoms with Crippen molar-refractivity contribution >= 4 is 11.7 Å². The van der Waals surface area contributed by atoms with Crippen molar-refractivity contribution in [3.8, 4) is 0 Å². The number of hydrogen-bond acceptors (Lipinski definition) is 1. The van der Waals surface area contributed by atoms with Crippen molar-refractivity contribution in [2.45, 2.75) is 25.7 Å². The number of nitrogens with zero attached hydrogens (tertiary/aromatic N) is 1. The van der Waals surface area contributed by atoms with E-state index in [1.165, 1.54) is 18.4 Å². The zero-order chi connectivity index (χ0) is 16.5. The quantitative estimate of drug-likeness (QED) is 0.858. The van der Waals surface area contributed by atoms with Gasteiger partial charge in [-0.3, -0.25) is 0 Å². The first kappa shape index (κ1) is 15.3. The number of aryl methyl sites for hydroxylation is 1. The number of nitrogens with one attached hydrogen (secondary N) is 1. The summed E-state index contributed by atoms with van der Waals surface area (Å²) in [5.74, 6) is 1.97. The van der Waals surface area contributed by atoms with Crippen molar-refractivity contribution in [2.24, 2.45) is 11.8 Å². The van der Waals surface area contributed by atoms with E-state index in [1.807, 2.05) is 36.1 Å². The third kappa shape index (κ3) is 3.03. The molecule has 0 aromatic heterocycles. The van der Waals surface area contributed by atoms with Gasteiger partial charge in [-0.1, -0.05) is 42.5 Å². The molecule has 0 spiro atoms. The van der Waals surface area contributed by atoms with Crippen molar-refractivity contribution in [1.82, 2.24) is 4.90 Å². The molecule has 4 rings (SSSR count). The van der Waals surface area contributed by atoms with Crippen LogP contribution in [0.4, 0.5) is 10.5 Å². The predicted molar refractivity (Wildman–Crippen MR) is 97.2 cm³/mol. The second kappa shape index (κ2) is 6.31. The van der Waals surface area contributed by atoms with Gasteiger partial charge in [0.2, 0.25) is 0 Å². The van der Waals surface area contributed by atoms with Crippen LogP contribution < -0.4 is 5.32 Å². The van der Waals surface area contributed by atoms with Crippen LogP contribution in [0.3, 0.4) is 0 Å². The van der Waals surface area contributed by atoms with E-state index in [9.17, 15) is 4.79 Å². The van der Waals surface area contributed by atoms with Crippen molar-refractivity contribution < 1.29 is 4.79 Å². The minimum Gasteiger partial charge on any atom is -0.324 e. The van der Waals surface area contributed by atoms with Gasteiger partial charge in [0, 0.05) is 18.8 Å². The van der Waals surface area contributed by atoms with Crippen molar-refractivity contribution in [1.29, 1.82) is 0 Å². The molecule has 3 nitrogen and oxygen atoms in total. The first-order chi connectivity index (χ1) is 11.7. The zero-order valence-electron chi connectivity index (χ0n) is 14.1. The highest BCUT2D eigenvalue weighted by Gasteiger charge is 2.42. The lowest BCUT2D eigenvalue weighted by atomic mass is 9.96. The summed E-state index contributed by atoms with van der Waals surface area (Å²) in [7, 11) is 0. The van der Waals surface area contributed by atoms with E-state index in [1.54, 1.807) is 0 Å². The van der Waals surface area contributed by atoms with Gasteiger partial charge in [0.25, 0.3) is 0 Å². The highest BCUT2D eigenvalue weighted by molar-refractivity contribution is 5.89. The Bertz CT molecular complexity index is 714. The molecule has 1 saturated heterocycles. The maximum absolute atomic E-state index is 12.5. The molecule has 124 valence electrons. The number of amides is 2. The molecule has 0 bridgehead atoms. The Morgan fingerprint density at radius 2 is 1.71 bits per heavy atom. The molecule has 2 fully saturated rings. The van der Waals surface area contributed by atoms with E-state index < -0.39 is 0 Å². The molecule has 1 aliphatic heterocycles. The molecule has 24 heavy (non-hydrogen) atoms. The van der Waals surface area contributed by atoms with Gasteiger partial charge in [-0.2, -0.15) is 0 Å². The highest BCUT2D eigenvalue weighted by Crippen LogP contribution is 2.46. The molecule has 1 saturated carbocycles. The largest absolute Gasteiger partial charge is 0.324 e. The normalized spacial score (nSPS) is 25.5. The van der Waals surface area contributed by atoms with Crippen LogP contribution in [0.5, 0.6) is 0 Å². The molecule has 1 heterocycles. The fourth-order valence-corrected chi connectivity index (χ4v) is 4.39. The smallest absolute Gasteiger partial charge is 0.321 e. The van der Waals surface area contributed by atoms with Gasteiger partial charge in [0.05, 0.1) is 0 Å². The van der Waals surface area contributed by atoms with E-state index in [0.717, 1.165) is 24.3 Å². The van der Waals surface area contributed by atoms with E-state index in [2.05, 4.69) is 35.6 Å². The van der Waals surface area contributed by atoms with E-state index in [4.69, 9.17) is 0 Å². The SMILES string of the molecule is Cc1cccc(NC(=O)N2C[C@H]3CC(c4ccccc4)C[C@H]3C2)c1. The van der Waals surface area contributed by atoms with Gasteiger partial charge in [-0.05, 0) is 60.8 Å². The molecule has 3 heteroatoms. The number of carbonyl (C=O) groups excluding carboxylic acids is 1. The molecule has 2 aromatic rings. The molecule has 2 aliphatic rings. The van der Waals surface area contributed by atoms with Crippen LogP contribution >= 0.6 is 0 Å². The van der Waals surface area contributed by atoms with Crippen molar-refractivity contribution in [3.05, 3.63) is 65.7 Å².